The highest BCUT2D eigenvalue weighted by Crippen LogP contribution is 2.56. The molecule has 78 heavy (non-hydrogen) atoms. The Labute approximate surface area is 475 Å². The largest absolute Gasteiger partial charge is 0.309 e. The minimum absolute atomic E-state index is 0.0979. The van der Waals surface area contributed by atoms with E-state index in [1.165, 1.54) is 122 Å². The van der Waals surface area contributed by atoms with Crippen LogP contribution in [0, 0.1) is 0 Å². The van der Waals surface area contributed by atoms with Crippen LogP contribution in [0.25, 0.3) is 66.1 Å². The number of fused-ring (bicyclic) bond motifs is 6. The molecule has 0 atom stereocenters. The van der Waals surface area contributed by atoms with Crippen molar-refractivity contribution in [3.63, 3.8) is 0 Å². The third-order valence-corrected chi connectivity index (χ3v) is 17.2. The first-order chi connectivity index (χ1) is 38.0. The highest BCUT2D eigenvalue weighted by molar-refractivity contribution is 9.10. The van der Waals surface area contributed by atoms with Crippen LogP contribution in [-0.2, 0) is 10.8 Å². The van der Waals surface area contributed by atoms with E-state index in [2.05, 4.69) is 336 Å². The Kier molecular flexibility index (Phi) is 12.6. The van der Waals surface area contributed by atoms with E-state index in [1.54, 1.807) is 0 Å². The molecule has 2 nitrogen and oxygen atoms in total. The zero-order valence-corrected chi connectivity index (χ0v) is 47.2. The lowest BCUT2D eigenvalue weighted by Crippen LogP contribution is -2.30. The second-order valence-corrected chi connectivity index (χ2v) is 23.4. The molecule has 0 saturated carbocycles. The van der Waals surface area contributed by atoms with E-state index in [1.807, 2.05) is 0 Å². The number of rotatable bonds is 6. The first-order valence-electron chi connectivity index (χ1n) is 26.8. The third-order valence-electron chi connectivity index (χ3n) is 16.2. The summed E-state index contributed by atoms with van der Waals surface area (Å²) in [6, 6.07) is 97.0. The van der Waals surface area contributed by atoms with Crippen molar-refractivity contribution in [3.05, 3.63) is 298 Å². The molecule has 0 amide bonds. The Morgan fingerprint density at radius 2 is 0.526 bits per heavy atom. The van der Waals surface area contributed by atoms with Crippen LogP contribution in [0.2, 0.25) is 0 Å². The maximum absolute atomic E-state index is 3.68. The molecule has 0 N–H and O–H groups in total. The molecule has 2 heterocycles. The van der Waals surface area contributed by atoms with Gasteiger partial charge >= 0.3 is 0 Å². The number of hydrogen-bond acceptors (Lipinski definition) is 2. The van der Waals surface area contributed by atoms with Crippen molar-refractivity contribution in [1.29, 1.82) is 0 Å². The molecule has 0 fully saturated rings. The van der Waals surface area contributed by atoms with E-state index in [-0.39, 0.29) is 10.8 Å². The van der Waals surface area contributed by atoms with Gasteiger partial charge in [0.15, 0.2) is 0 Å². The summed E-state index contributed by atoms with van der Waals surface area (Å²) in [5.41, 5.74) is 22.1. The molecule has 0 bridgehead atoms. The SMILES string of the molecule is CC1(C)c2cc(-c3ccc(-c4ccccc4)cc3)ccc2N(c2cccc3ccccc23)c2ccc(-c3ccc(-c4ccccc4)cc3)cc21.CC1(C)c2cc(Br)ccc2N(c2cccc3ccccc23)c2ccc(Br)cc21. The van der Waals surface area contributed by atoms with Gasteiger partial charge in [0.2, 0.25) is 0 Å². The summed E-state index contributed by atoms with van der Waals surface area (Å²) in [6.45, 7) is 9.39. The van der Waals surface area contributed by atoms with Gasteiger partial charge in [-0.05, 0) is 150 Å². The first kappa shape index (κ1) is 49.3. The van der Waals surface area contributed by atoms with Crippen LogP contribution in [0.3, 0.4) is 0 Å². The van der Waals surface area contributed by atoms with Crippen LogP contribution < -0.4 is 9.80 Å². The number of hydrogen-bond donors (Lipinski definition) is 0. The van der Waals surface area contributed by atoms with Gasteiger partial charge in [0.25, 0.3) is 0 Å². The lowest BCUT2D eigenvalue weighted by Gasteiger charge is -2.43. The predicted octanol–water partition coefficient (Wildman–Crippen LogP) is 22.1. The van der Waals surface area contributed by atoms with Crippen molar-refractivity contribution in [2.75, 3.05) is 9.80 Å². The summed E-state index contributed by atoms with van der Waals surface area (Å²) in [5.74, 6) is 0. The molecule has 0 radical (unpaired) electrons. The summed E-state index contributed by atoms with van der Waals surface area (Å²) in [7, 11) is 0. The molecule has 376 valence electrons. The highest BCUT2D eigenvalue weighted by atomic mass is 79.9. The van der Waals surface area contributed by atoms with E-state index in [4.69, 9.17) is 0 Å². The average molecular weight is 1130 g/mol. The van der Waals surface area contributed by atoms with Crippen LogP contribution in [0.1, 0.15) is 49.9 Å². The van der Waals surface area contributed by atoms with Gasteiger partial charge in [-0.3, -0.25) is 0 Å². The van der Waals surface area contributed by atoms with E-state index < -0.39 is 0 Å². The minimum atomic E-state index is -0.244. The quantitative estimate of drug-likeness (QED) is 0.164. The number of halogens is 2. The van der Waals surface area contributed by atoms with Gasteiger partial charge in [0.05, 0.1) is 34.1 Å². The second-order valence-electron chi connectivity index (χ2n) is 21.6. The molecule has 2 aliphatic heterocycles. The van der Waals surface area contributed by atoms with Crippen molar-refractivity contribution in [3.8, 4) is 44.5 Å². The maximum Gasteiger partial charge on any atom is 0.0540 e. The zero-order chi connectivity index (χ0) is 53.1. The van der Waals surface area contributed by atoms with Crippen LogP contribution in [0.5, 0.6) is 0 Å². The molecule has 0 saturated heterocycles. The normalized spacial score (nSPS) is 13.7. The molecule has 0 aliphatic carbocycles. The van der Waals surface area contributed by atoms with Gasteiger partial charge in [-0.15, -0.1) is 0 Å². The van der Waals surface area contributed by atoms with Crippen LogP contribution in [0.15, 0.2) is 276 Å². The Bertz CT molecular complexity index is 4020. The topological polar surface area (TPSA) is 6.48 Å². The Morgan fingerprint density at radius 3 is 0.910 bits per heavy atom. The monoisotopic (exact) mass is 1130 g/mol. The van der Waals surface area contributed by atoms with E-state index >= 15 is 0 Å². The van der Waals surface area contributed by atoms with Gasteiger partial charge in [-0.2, -0.15) is 0 Å². The minimum Gasteiger partial charge on any atom is -0.309 e. The van der Waals surface area contributed by atoms with Crippen LogP contribution in [-0.4, -0.2) is 0 Å². The number of anilines is 6. The van der Waals surface area contributed by atoms with E-state index in [0.717, 1.165) is 8.95 Å². The summed E-state index contributed by atoms with van der Waals surface area (Å²) < 4.78 is 2.21. The van der Waals surface area contributed by atoms with Crippen LogP contribution >= 0.6 is 31.9 Å². The van der Waals surface area contributed by atoms with Crippen molar-refractivity contribution >= 4 is 87.5 Å². The van der Waals surface area contributed by atoms with Gasteiger partial charge < -0.3 is 9.80 Å². The molecule has 12 aromatic carbocycles. The second kappa shape index (κ2) is 19.9. The van der Waals surface area contributed by atoms with Gasteiger partial charge in [0.1, 0.15) is 0 Å². The molecule has 14 rings (SSSR count). The van der Waals surface area contributed by atoms with Crippen molar-refractivity contribution in [2.45, 2.75) is 38.5 Å². The number of benzene rings is 12. The fourth-order valence-corrected chi connectivity index (χ4v) is 12.8. The lowest BCUT2D eigenvalue weighted by molar-refractivity contribution is 0.631. The molecular weight excluding hydrogens is 1080 g/mol. The Balaban J connectivity index is 0.000000174. The van der Waals surface area contributed by atoms with Gasteiger partial charge in [0, 0.05) is 30.5 Å². The van der Waals surface area contributed by atoms with Crippen molar-refractivity contribution in [2.24, 2.45) is 0 Å². The Hall–Kier alpha value is -8.28. The predicted molar refractivity (Wildman–Crippen MR) is 339 cm³/mol. The fourth-order valence-electron chi connectivity index (χ4n) is 12.1. The molecule has 2 aliphatic rings. The summed E-state index contributed by atoms with van der Waals surface area (Å²) in [4.78, 5) is 4.90. The van der Waals surface area contributed by atoms with Gasteiger partial charge in [-0.25, -0.2) is 0 Å². The van der Waals surface area contributed by atoms with Gasteiger partial charge in [-0.1, -0.05) is 254 Å². The lowest BCUT2D eigenvalue weighted by atomic mass is 9.72. The smallest absolute Gasteiger partial charge is 0.0540 e. The van der Waals surface area contributed by atoms with E-state index in [9.17, 15) is 0 Å². The molecule has 0 aromatic heterocycles. The third kappa shape index (κ3) is 8.74. The molecule has 0 unspecified atom stereocenters. The van der Waals surface area contributed by atoms with Crippen molar-refractivity contribution < 1.29 is 0 Å². The standard InChI is InChI=1S/C49H37N.C25H19Br2N/c1-49(2)44-32-41(38-24-20-36(21-25-38)34-12-5-3-6-13-34)28-30-47(44)50(46-19-11-17-40-16-9-10-18-43(40)46)48-31-29-42(33-45(48)49)39-26-22-37(23-27-39)35-14-7-4-8-15-35;1-25(2)20-14-17(26)10-12-23(20)28(24-13-11-18(27)15-21(24)25)22-9-5-7-16-6-3-4-8-19(16)22/h3-33H,1-2H3;3-15H,1-2H3. The fraction of sp³-hybridized carbons (Fsp3) is 0.0811. The summed E-state index contributed by atoms with van der Waals surface area (Å²) in [6.07, 6.45) is 0. The molecule has 12 aromatic rings. The van der Waals surface area contributed by atoms with E-state index in [0.29, 0.717) is 0 Å². The first-order valence-corrected chi connectivity index (χ1v) is 28.4. The van der Waals surface area contributed by atoms with Crippen LogP contribution in [0.4, 0.5) is 34.1 Å². The highest BCUT2D eigenvalue weighted by Gasteiger charge is 2.39. The summed E-state index contributed by atoms with van der Waals surface area (Å²) in [5, 5.41) is 4.99. The maximum atomic E-state index is 3.68. The molecular formula is C74H56Br2N2. The zero-order valence-electron chi connectivity index (χ0n) is 44.1. The Morgan fingerprint density at radius 1 is 0.244 bits per heavy atom. The average Bonchev–Trinajstić information content (AvgIpc) is 3.64. The summed E-state index contributed by atoms with van der Waals surface area (Å²) >= 11 is 7.37. The van der Waals surface area contributed by atoms with Crippen molar-refractivity contribution in [1.82, 2.24) is 0 Å². The molecule has 0 spiro atoms. The number of nitrogens with zero attached hydrogens (tertiary/aromatic N) is 2. The molecule has 4 heteroatoms.